The SMILES string of the molecule is COC1C=C2C(C3C=CC(Cl)=CC3)N[C@@H](CCOCNCCCCCN)C3NNC(C)N3C2CC1. The third kappa shape index (κ3) is 6.94. The fourth-order valence-corrected chi connectivity index (χ4v) is 6.13. The van der Waals surface area contributed by atoms with Gasteiger partial charge in [0.25, 0.3) is 0 Å². The van der Waals surface area contributed by atoms with E-state index in [1.54, 1.807) is 0 Å². The number of nitrogens with zero attached hydrogens (tertiary/aromatic N) is 1. The van der Waals surface area contributed by atoms with E-state index in [1.807, 2.05) is 7.11 Å². The smallest absolute Gasteiger partial charge is 0.0965 e. The van der Waals surface area contributed by atoms with E-state index in [1.165, 1.54) is 12.0 Å². The van der Waals surface area contributed by atoms with Crippen molar-refractivity contribution in [2.45, 2.75) is 88.4 Å². The van der Waals surface area contributed by atoms with Crippen molar-refractivity contribution >= 4 is 11.6 Å². The molecule has 4 aliphatic rings. The fourth-order valence-electron chi connectivity index (χ4n) is 5.97. The van der Waals surface area contributed by atoms with Crippen LogP contribution in [0, 0.1) is 5.92 Å². The number of nitrogens with one attached hydrogen (secondary N) is 4. The lowest BCUT2D eigenvalue weighted by Crippen LogP contribution is -2.54. The maximum absolute atomic E-state index is 6.27. The molecule has 198 valence electrons. The Bertz CT molecular complexity index is 762. The monoisotopic (exact) mass is 508 g/mol. The average molecular weight is 509 g/mol. The zero-order valence-electron chi connectivity index (χ0n) is 21.3. The number of unbranched alkanes of at least 4 members (excludes halogenated alkanes) is 2. The first-order valence-corrected chi connectivity index (χ1v) is 13.8. The Morgan fingerprint density at radius 1 is 1.23 bits per heavy atom. The number of allylic oxidation sites excluding steroid dienone is 3. The van der Waals surface area contributed by atoms with Gasteiger partial charge in [0, 0.05) is 36.9 Å². The quantitative estimate of drug-likeness (QED) is 0.156. The van der Waals surface area contributed by atoms with Crippen molar-refractivity contribution < 1.29 is 9.47 Å². The molecule has 0 aromatic heterocycles. The summed E-state index contributed by atoms with van der Waals surface area (Å²) in [6.07, 6.45) is 16.9. The van der Waals surface area contributed by atoms with Crippen molar-refractivity contribution in [2.24, 2.45) is 11.7 Å². The van der Waals surface area contributed by atoms with Crippen LogP contribution >= 0.6 is 11.6 Å². The van der Waals surface area contributed by atoms with Crippen molar-refractivity contribution in [3.05, 3.63) is 34.9 Å². The van der Waals surface area contributed by atoms with Crippen LogP contribution in [0.15, 0.2) is 34.9 Å². The predicted octanol–water partition coefficient (Wildman–Crippen LogP) is 2.29. The molecule has 6 unspecified atom stereocenters. The minimum absolute atomic E-state index is 0.172. The van der Waals surface area contributed by atoms with E-state index >= 15 is 0 Å². The summed E-state index contributed by atoms with van der Waals surface area (Å²) in [4.78, 5) is 2.63. The molecule has 0 spiro atoms. The molecule has 0 saturated carbocycles. The Hall–Kier alpha value is -0.810. The molecule has 2 heterocycles. The van der Waals surface area contributed by atoms with Crippen LogP contribution in [0.4, 0.5) is 0 Å². The van der Waals surface area contributed by atoms with Crippen LogP contribution in [0.25, 0.3) is 0 Å². The molecule has 2 fully saturated rings. The van der Waals surface area contributed by atoms with Crippen LogP contribution in [0.5, 0.6) is 0 Å². The van der Waals surface area contributed by atoms with Crippen molar-refractivity contribution in [1.29, 1.82) is 0 Å². The van der Waals surface area contributed by atoms with Crippen molar-refractivity contribution in [2.75, 3.05) is 33.5 Å². The molecule has 0 radical (unpaired) electrons. The molecule has 4 rings (SSSR count). The lowest BCUT2D eigenvalue weighted by atomic mass is 9.79. The van der Waals surface area contributed by atoms with E-state index < -0.39 is 0 Å². The third-order valence-electron chi connectivity index (χ3n) is 7.84. The predicted molar refractivity (Wildman–Crippen MR) is 142 cm³/mol. The Balaban J connectivity index is 1.44. The van der Waals surface area contributed by atoms with E-state index in [-0.39, 0.29) is 30.5 Å². The van der Waals surface area contributed by atoms with E-state index in [0.29, 0.717) is 25.3 Å². The Labute approximate surface area is 216 Å². The lowest BCUT2D eigenvalue weighted by molar-refractivity contribution is 0.0721. The van der Waals surface area contributed by atoms with Gasteiger partial charge >= 0.3 is 0 Å². The van der Waals surface area contributed by atoms with Crippen LogP contribution < -0.4 is 27.2 Å². The second-order valence-corrected chi connectivity index (χ2v) is 10.6. The summed E-state index contributed by atoms with van der Waals surface area (Å²) in [7, 11) is 1.82. The fraction of sp³-hybridized carbons (Fsp3) is 0.769. The molecule has 7 atom stereocenters. The molecule has 0 aromatic carbocycles. The van der Waals surface area contributed by atoms with Gasteiger partial charge in [0.05, 0.1) is 25.2 Å². The standard InChI is InChI=1S/C26H45ClN6O2/c1-18-31-32-26-23(12-15-35-17-29-14-5-3-4-13-28)30-25(19-6-8-20(27)9-7-19)22-16-21(34-2)10-11-24(22)33(18)26/h6,8-9,16,18-19,21,23-26,29-32H,3-5,7,10-15,17,28H2,1-2H3/t18?,19?,21?,23-,24?,25?,26?/m0/s1. The molecule has 0 aromatic rings. The van der Waals surface area contributed by atoms with E-state index in [0.717, 1.165) is 56.6 Å². The van der Waals surface area contributed by atoms with Gasteiger partial charge in [0.2, 0.25) is 0 Å². The molecular weight excluding hydrogens is 464 g/mol. The minimum atomic E-state index is 0.172. The molecule has 2 aliphatic heterocycles. The number of ether oxygens (including phenoxy) is 2. The van der Waals surface area contributed by atoms with Gasteiger partial charge in [-0.1, -0.05) is 36.2 Å². The summed E-state index contributed by atoms with van der Waals surface area (Å²) in [6, 6.07) is 0.849. The number of hydrogen-bond donors (Lipinski definition) is 5. The number of halogens is 1. The van der Waals surface area contributed by atoms with E-state index in [4.69, 9.17) is 26.8 Å². The largest absolute Gasteiger partial charge is 0.377 e. The van der Waals surface area contributed by atoms with E-state index in [9.17, 15) is 0 Å². The zero-order valence-corrected chi connectivity index (χ0v) is 22.1. The highest BCUT2D eigenvalue weighted by atomic mass is 35.5. The molecule has 8 nitrogen and oxygen atoms in total. The number of hydrogen-bond acceptors (Lipinski definition) is 8. The second kappa shape index (κ2) is 13.7. The van der Waals surface area contributed by atoms with Crippen LogP contribution in [-0.2, 0) is 9.47 Å². The summed E-state index contributed by atoms with van der Waals surface area (Å²) in [6.45, 7) is 5.29. The van der Waals surface area contributed by atoms with Crippen LogP contribution in [0.3, 0.4) is 0 Å². The normalized spacial score (nSPS) is 35.3. The number of methoxy groups -OCH3 is 1. The first kappa shape index (κ1) is 27.2. The van der Waals surface area contributed by atoms with Crippen LogP contribution in [0.2, 0.25) is 0 Å². The summed E-state index contributed by atoms with van der Waals surface area (Å²) >= 11 is 6.27. The lowest BCUT2D eigenvalue weighted by Gasteiger charge is -2.40. The molecule has 6 N–H and O–H groups in total. The van der Waals surface area contributed by atoms with Crippen LogP contribution in [0.1, 0.15) is 51.9 Å². The van der Waals surface area contributed by atoms with Gasteiger partial charge in [-0.05, 0) is 76.1 Å². The van der Waals surface area contributed by atoms with Gasteiger partial charge in [0.1, 0.15) is 0 Å². The first-order chi connectivity index (χ1) is 17.1. The van der Waals surface area contributed by atoms with Crippen molar-refractivity contribution in [3.8, 4) is 0 Å². The summed E-state index contributed by atoms with van der Waals surface area (Å²) < 4.78 is 11.8. The molecule has 35 heavy (non-hydrogen) atoms. The van der Waals surface area contributed by atoms with E-state index in [2.05, 4.69) is 57.6 Å². The summed E-state index contributed by atoms with van der Waals surface area (Å²) in [5, 5.41) is 8.28. The molecule has 9 heteroatoms. The summed E-state index contributed by atoms with van der Waals surface area (Å²) in [5.41, 5.74) is 14.1. The van der Waals surface area contributed by atoms with Gasteiger partial charge in [-0.25, -0.2) is 10.9 Å². The number of hydrazine groups is 1. The van der Waals surface area contributed by atoms with Gasteiger partial charge in [0.15, 0.2) is 0 Å². The number of fused-ring (bicyclic) bond motifs is 3. The van der Waals surface area contributed by atoms with Crippen LogP contribution in [-0.4, -0.2) is 75.0 Å². The Morgan fingerprint density at radius 3 is 2.89 bits per heavy atom. The molecule has 0 amide bonds. The maximum Gasteiger partial charge on any atom is 0.0965 e. The molecular formula is C26H45ClN6O2. The number of rotatable bonds is 12. The number of nitrogens with two attached hydrogens (primary N) is 1. The second-order valence-electron chi connectivity index (χ2n) is 10.2. The first-order valence-electron chi connectivity index (χ1n) is 13.4. The molecule has 0 bridgehead atoms. The molecule has 2 aliphatic carbocycles. The zero-order chi connectivity index (χ0) is 24.6. The minimum Gasteiger partial charge on any atom is -0.377 e. The van der Waals surface area contributed by atoms with Gasteiger partial charge < -0.3 is 20.5 Å². The topological polar surface area (TPSA) is 95.8 Å². The Morgan fingerprint density at radius 2 is 2.11 bits per heavy atom. The average Bonchev–Trinajstić information content (AvgIpc) is 3.19. The Kier molecular flexibility index (Phi) is 10.6. The van der Waals surface area contributed by atoms with Crippen molar-refractivity contribution in [1.82, 2.24) is 26.4 Å². The maximum atomic E-state index is 6.27. The van der Waals surface area contributed by atoms with Gasteiger partial charge in [-0.2, -0.15) is 0 Å². The highest BCUT2D eigenvalue weighted by Gasteiger charge is 2.48. The molecule has 2 saturated heterocycles. The third-order valence-corrected chi connectivity index (χ3v) is 8.12. The van der Waals surface area contributed by atoms with Crippen molar-refractivity contribution in [3.63, 3.8) is 0 Å². The van der Waals surface area contributed by atoms with Gasteiger partial charge in [-0.3, -0.25) is 10.2 Å². The highest BCUT2D eigenvalue weighted by molar-refractivity contribution is 6.31. The highest BCUT2D eigenvalue weighted by Crippen LogP contribution is 2.38. The van der Waals surface area contributed by atoms with Gasteiger partial charge in [-0.15, -0.1) is 0 Å². The summed E-state index contributed by atoms with van der Waals surface area (Å²) in [5.74, 6) is 0.365.